The van der Waals surface area contributed by atoms with E-state index < -0.39 is 0 Å². The number of fused-ring (bicyclic) bond motifs is 1. The zero-order chi connectivity index (χ0) is 20.9. The highest BCUT2D eigenvalue weighted by Gasteiger charge is 2.16. The summed E-state index contributed by atoms with van der Waals surface area (Å²) < 4.78 is 0. The predicted molar refractivity (Wildman–Crippen MR) is 123 cm³/mol. The number of hydrogen-bond acceptors (Lipinski definition) is 3. The van der Waals surface area contributed by atoms with E-state index in [2.05, 4.69) is 20.5 Å². The molecular weight excluding hydrogens is 372 g/mol. The second-order valence-electron chi connectivity index (χ2n) is 7.17. The summed E-state index contributed by atoms with van der Waals surface area (Å²) >= 11 is 0. The third kappa shape index (κ3) is 4.36. The molecule has 0 bridgehead atoms. The first kappa shape index (κ1) is 19.3. The molecule has 0 aliphatic rings. The van der Waals surface area contributed by atoms with E-state index in [-0.39, 0.29) is 5.91 Å². The number of carbonyl (C=O) groups is 1. The normalized spacial score (nSPS) is 11.5. The number of hydrazone groups is 1. The standard InChI is InChI=1S/C25H22N4O/c1-17-7-11-19(12-8-17)15-26-23-21-5-3-4-6-22(21)28-24(23)25(30)29-27-16-20-13-9-18(2)10-14-20/h3-16,28H,1-2H3,(H,29,30)/b26-15?,27-16+. The van der Waals surface area contributed by atoms with Crippen LogP contribution in [0.4, 0.5) is 5.69 Å². The minimum absolute atomic E-state index is 0.342. The van der Waals surface area contributed by atoms with Crippen molar-refractivity contribution in [3.05, 3.63) is 101 Å². The van der Waals surface area contributed by atoms with Gasteiger partial charge in [-0.1, -0.05) is 77.9 Å². The number of aromatic amines is 1. The van der Waals surface area contributed by atoms with Gasteiger partial charge in [0.15, 0.2) is 0 Å². The van der Waals surface area contributed by atoms with Gasteiger partial charge in [-0.25, -0.2) is 5.43 Å². The Kier molecular flexibility index (Phi) is 5.52. The molecule has 1 heterocycles. The molecule has 0 spiro atoms. The molecule has 3 aromatic carbocycles. The highest BCUT2D eigenvalue weighted by atomic mass is 16.2. The lowest BCUT2D eigenvalue weighted by atomic mass is 10.2. The number of nitrogens with one attached hydrogen (secondary N) is 2. The van der Waals surface area contributed by atoms with Gasteiger partial charge in [0, 0.05) is 17.1 Å². The highest BCUT2D eigenvalue weighted by molar-refractivity contribution is 6.08. The Labute approximate surface area is 175 Å². The summed E-state index contributed by atoms with van der Waals surface area (Å²) in [6.07, 6.45) is 3.39. The fraction of sp³-hybridized carbons (Fsp3) is 0.0800. The maximum Gasteiger partial charge on any atom is 0.290 e. The first-order valence-electron chi connectivity index (χ1n) is 9.72. The van der Waals surface area contributed by atoms with Gasteiger partial charge in [-0.05, 0) is 31.0 Å². The van der Waals surface area contributed by atoms with Crippen molar-refractivity contribution in [1.82, 2.24) is 10.4 Å². The van der Waals surface area contributed by atoms with Gasteiger partial charge >= 0.3 is 0 Å². The van der Waals surface area contributed by atoms with Crippen LogP contribution < -0.4 is 5.43 Å². The van der Waals surface area contributed by atoms with E-state index in [0.29, 0.717) is 11.4 Å². The topological polar surface area (TPSA) is 69.6 Å². The monoisotopic (exact) mass is 394 g/mol. The molecule has 1 aromatic heterocycles. The predicted octanol–water partition coefficient (Wildman–Crippen LogP) is 5.30. The summed E-state index contributed by atoms with van der Waals surface area (Å²) in [7, 11) is 0. The zero-order valence-electron chi connectivity index (χ0n) is 16.9. The summed E-state index contributed by atoms with van der Waals surface area (Å²) in [5, 5.41) is 4.97. The van der Waals surface area contributed by atoms with Crippen LogP contribution in [0.2, 0.25) is 0 Å². The molecule has 5 nitrogen and oxygen atoms in total. The molecule has 148 valence electrons. The van der Waals surface area contributed by atoms with E-state index in [1.165, 1.54) is 11.1 Å². The Morgan fingerprint density at radius 3 is 2.10 bits per heavy atom. The molecule has 4 aromatic rings. The molecular formula is C25H22N4O. The third-order valence-corrected chi connectivity index (χ3v) is 4.78. The van der Waals surface area contributed by atoms with E-state index in [0.717, 1.165) is 22.0 Å². The van der Waals surface area contributed by atoms with Gasteiger partial charge in [-0.2, -0.15) is 5.10 Å². The van der Waals surface area contributed by atoms with Crippen molar-refractivity contribution in [3.8, 4) is 0 Å². The number of benzene rings is 3. The van der Waals surface area contributed by atoms with Crippen LogP contribution in [-0.4, -0.2) is 23.3 Å². The number of para-hydroxylation sites is 1. The Hall–Kier alpha value is -3.99. The van der Waals surface area contributed by atoms with Gasteiger partial charge in [0.1, 0.15) is 11.4 Å². The first-order valence-corrected chi connectivity index (χ1v) is 9.72. The summed E-state index contributed by atoms with van der Waals surface area (Å²) in [6, 6.07) is 23.7. The van der Waals surface area contributed by atoms with E-state index >= 15 is 0 Å². The number of rotatable bonds is 5. The number of aryl methyl sites for hydroxylation is 2. The van der Waals surface area contributed by atoms with Crippen LogP contribution in [0.5, 0.6) is 0 Å². The smallest absolute Gasteiger partial charge is 0.290 e. The Morgan fingerprint density at radius 1 is 0.833 bits per heavy atom. The molecule has 0 fully saturated rings. The molecule has 0 aliphatic carbocycles. The number of nitrogens with zero attached hydrogens (tertiary/aromatic N) is 2. The van der Waals surface area contributed by atoms with Crippen LogP contribution in [0, 0.1) is 13.8 Å². The van der Waals surface area contributed by atoms with Crippen molar-refractivity contribution >= 4 is 34.9 Å². The van der Waals surface area contributed by atoms with Crippen LogP contribution in [0.1, 0.15) is 32.7 Å². The largest absolute Gasteiger partial charge is 0.349 e. The zero-order valence-corrected chi connectivity index (χ0v) is 16.9. The second kappa shape index (κ2) is 8.57. The van der Waals surface area contributed by atoms with Crippen LogP contribution in [-0.2, 0) is 0 Å². The lowest BCUT2D eigenvalue weighted by molar-refractivity contribution is 0.0951. The lowest BCUT2D eigenvalue weighted by Crippen LogP contribution is -2.18. The Bertz CT molecular complexity index is 1230. The Morgan fingerprint density at radius 2 is 1.43 bits per heavy atom. The minimum atomic E-state index is -0.342. The molecule has 0 unspecified atom stereocenters. The molecule has 4 rings (SSSR count). The van der Waals surface area contributed by atoms with Crippen molar-refractivity contribution in [2.45, 2.75) is 13.8 Å². The van der Waals surface area contributed by atoms with Crippen LogP contribution in [0.3, 0.4) is 0 Å². The van der Waals surface area contributed by atoms with Crippen LogP contribution >= 0.6 is 0 Å². The number of hydrogen-bond donors (Lipinski definition) is 2. The summed E-state index contributed by atoms with van der Waals surface area (Å²) in [5.74, 6) is -0.342. The number of aromatic nitrogens is 1. The average molecular weight is 394 g/mol. The van der Waals surface area contributed by atoms with Crippen molar-refractivity contribution in [2.24, 2.45) is 10.1 Å². The van der Waals surface area contributed by atoms with E-state index in [9.17, 15) is 4.79 Å². The van der Waals surface area contributed by atoms with Crippen molar-refractivity contribution in [3.63, 3.8) is 0 Å². The number of amides is 1. The third-order valence-electron chi connectivity index (χ3n) is 4.78. The van der Waals surface area contributed by atoms with Gasteiger partial charge in [-0.3, -0.25) is 9.79 Å². The molecule has 0 aliphatic heterocycles. The number of H-pyrrole nitrogens is 1. The van der Waals surface area contributed by atoms with Gasteiger partial charge in [-0.15, -0.1) is 0 Å². The number of carbonyl (C=O) groups excluding carboxylic acids is 1. The highest BCUT2D eigenvalue weighted by Crippen LogP contribution is 2.30. The molecule has 2 N–H and O–H groups in total. The van der Waals surface area contributed by atoms with Gasteiger partial charge in [0.2, 0.25) is 0 Å². The van der Waals surface area contributed by atoms with Crippen LogP contribution in [0.15, 0.2) is 82.9 Å². The first-order chi connectivity index (χ1) is 14.6. The van der Waals surface area contributed by atoms with Gasteiger partial charge in [0.05, 0.1) is 6.21 Å². The van der Waals surface area contributed by atoms with Crippen molar-refractivity contribution in [2.75, 3.05) is 0 Å². The van der Waals surface area contributed by atoms with E-state index in [1.807, 2.05) is 86.6 Å². The molecule has 30 heavy (non-hydrogen) atoms. The molecule has 0 saturated heterocycles. The summed E-state index contributed by atoms with van der Waals surface area (Å²) in [5.41, 5.74) is 8.65. The van der Waals surface area contributed by atoms with Crippen LogP contribution in [0.25, 0.3) is 10.9 Å². The van der Waals surface area contributed by atoms with Crippen molar-refractivity contribution < 1.29 is 4.79 Å². The second-order valence-corrected chi connectivity index (χ2v) is 7.17. The van der Waals surface area contributed by atoms with Gasteiger partial charge < -0.3 is 4.98 Å². The Balaban J connectivity index is 1.61. The maximum absolute atomic E-state index is 12.8. The van der Waals surface area contributed by atoms with Gasteiger partial charge in [0.25, 0.3) is 5.91 Å². The molecule has 0 atom stereocenters. The maximum atomic E-state index is 12.8. The molecule has 5 heteroatoms. The average Bonchev–Trinajstić information content (AvgIpc) is 3.13. The SMILES string of the molecule is Cc1ccc(C=Nc2c(C(=O)N/N=C/c3ccc(C)cc3)[nH]c3ccccc23)cc1. The lowest BCUT2D eigenvalue weighted by Gasteiger charge is -2.00. The molecule has 0 saturated carbocycles. The van der Waals surface area contributed by atoms with E-state index in [4.69, 9.17) is 0 Å². The summed E-state index contributed by atoms with van der Waals surface area (Å²) in [4.78, 5) is 20.6. The van der Waals surface area contributed by atoms with Crippen molar-refractivity contribution in [1.29, 1.82) is 0 Å². The number of aliphatic imine (C=N–C) groups is 1. The summed E-state index contributed by atoms with van der Waals surface area (Å²) in [6.45, 7) is 4.07. The molecule has 0 radical (unpaired) electrons. The van der Waals surface area contributed by atoms with E-state index in [1.54, 1.807) is 12.4 Å². The molecule has 1 amide bonds. The fourth-order valence-corrected chi connectivity index (χ4v) is 3.09. The fourth-order valence-electron chi connectivity index (χ4n) is 3.09. The quantitative estimate of drug-likeness (QED) is 0.350. The minimum Gasteiger partial charge on any atom is -0.349 e.